The van der Waals surface area contributed by atoms with Crippen molar-refractivity contribution in [3.8, 4) is 5.75 Å². The highest BCUT2D eigenvalue weighted by Crippen LogP contribution is 2.23. The minimum atomic E-state index is 0.717. The predicted octanol–water partition coefficient (Wildman–Crippen LogP) is 3.64. The van der Waals surface area contributed by atoms with Crippen LogP contribution in [-0.2, 0) is 0 Å². The highest BCUT2D eigenvalue weighted by atomic mass is 16.5. The Bertz CT molecular complexity index is 520. The lowest BCUT2D eigenvalue weighted by atomic mass is 10.2. The van der Waals surface area contributed by atoms with E-state index in [9.17, 15) is 0 Å². The zero-order valence-electron chi connectivity index (χ0n) is 12.4. The molecule has 3 nitrogen and oxygen atoms in total. The van der Waals surface area contributed by atoms with Crippen molar-refractivity contribution in [2.24, 2.45) is 5.92 Å². The van der Waals surface area contributed by atoms with Crippen molar-refractivity contribution < 1.29 is 4.74 Å². The summed E-state index contributed by atoms with van der Waals surface area (Å²) >= 11 is 0. The first kappa shape index (κ1) is 14.8. The Morgan fingerprint density at radius 3 is 2.90 bits per heavy atom. The second kappa shape index (κ2) is 7.85. The number of rotatable bonds is 8. The van der Waals surface area contributed by atoms with E-state index in [2.05, 4.69) is 30.2 Å². The molecule has 2 aromatic rings. The molecule has 20 heavy (non-hydrogen) atoms. The number of nitrogens with one attached hydrogen (secondary N) is 1. The third-order valence-electron chi connectivity index (χ3n) is 3.16. The highest BCUT2D eigenvalue weighted by molar-refractivity contribution is 5.84. The topological polar surface area (TPSA) is 34.1 Å². The fourth-order valence-corrected chi connectivity index (χ4v) is 2.13. The van der Waals surface area contributed by atoms with Crippen LogP contribution in [0.1, 0.15) is 26.7 Å². The molecular formula is C17H24N2O. The number of fused-ring (bicyclic) bond motifs is 1. The van der Waals surface area contributed by atoms with Crippen LogP contribution in [0, 0.1) is 5.92 Å². The maximum Gasteiger partial charge on any atom is 0.128 e. The van der Waals surface area contributed by atoms with Gasteiger partial charge in [-0.2, -0.15) is 0 Å². The monoisotopic (exact) mass is 272 g/mol. The number of aromatic nitrogens is 1. The van der Waals surface area contributed by atoms with Gasteiger partial charge < -0.3 is 10.1 Å². The SMILES string of the molecule is CC(C)CNCCCCOc1cccc2ncccc12. The van der Waals surface area contributed by atoms with Gasteiger partial charge in [0.25, 0.3) is 0 Å². The van der Waals surface area contributed by atoms with Crippen molar-refractivity contribution in [2.75, 3.05) is 19.7 Å². The van der Waals surface area contributed by atoms with Crippen LogP contribution in [0.15, 0.2) is 36.5 Å². The van der Waals surface area contributed by atoms with Gasteiger partial charge in [-0.05, 0) is 56.1 Å². The van der Waals surface area contributed by atoms with Crippen LogP contribution in [0.3, 0.4) is 0 Å². The van der Waals surface area contributed by atoms with E-state index in [1.165, 1.54) is 0 Å². The second-order valence-corrected chi connectivity index (χ2v) is 5.48. The van der Waals surface area contributed by atoms with Crippen LogP contribution in [0.25, 0.3) is 10.9 Å². The summed E-state index contributed by atoms with van der Waals surface area (Å²) in [6, 6.07) is 10.0. The van der Waals surface area contributed by atoms with Gasteiger partial charge in [0.05, 0.1) is 12.1 Å². The first-order valence-corrected chi connectivity index (χ1v) is 7.44. The van der Waals surface area contributed by atoms with Gasteiger partial charge in [-0.15, -0.1) is 0 Å². The molecule has 108 valence electrons. The van der Waals surface area contributed by atoms with E-state index >= 15 is 0 Å². The molecule has 0 amide bonds. The van der Waals surface area contributed by atoms with Crippen molar-refractivity contribution in [3.05, 3.63) is 36.5 Å². The largest absolute Gasteiger partial charge is 0.493 e. The molecule has 0 fully saturated rings. The molecule has 0 aliphatic carbocycles. The van der Waals surface area contributed by atoms with Crippen molar-refractivity contribution in [2.45, 2.75) is 26.7 Å². The van der Waals surface area contributed by atoms with Gasteiger partial charge in [-0.1, -0.05) is 19.9 Å². The average molecular weight is 272 g/mol. The van der Waals surface area contributed by atoms with E-state index in [0.29, 0.717) is 0 Å². The van der Waals surface area contributed by atoms with Crippen LogP contribution in [-0.4, -0.2) is 24.7 Å². The van der Waals surface area contributed by atoms with E-state index in [-0.39, 0.29) is 0 Å². The Hall–Kier alpha value is -1.61. The fourth-order valence-electron chi connectivity index (χ4n) is 2.13. The van der Waals surface area contributed by atoms with Crippen LogP contribution < -0.4 is 10.1 Å². The maximum atomic E-state index is 5.88. The van der Waals surface area contributed by atoms with E-state index in [1.807, 2.05) is 30.5 Å². The van der Waals surface area contributed by atoms with Crippen molar-refractivity contribution >= 4 is 10.9 Å². The molecule has 1 N–H and O–H groups in total. The van der Waals surface area contributed by atoms with Gasteiger partial charge in [0, 0.05) is 11.6 Å². The Labute approximate surface area is 121 Å². The molecule has 1 heterocycles. The first-order chi connectivity index (χ1) is 9.77. The third-order valence-corrected chi connectivity index (χ3v) is 3.16. The molecule has 1 aromatic carbocycles. The average Bonchev–Trinajstić information content (AvgIpc) is 2.46. The van der Waals surface area contributed by atoms with E-state index in [4.69, 9.17) is 4.74 Å². The molecule has 3 heteroatoms. The summed E-state index contributed by atoms with van der Waals surface area (Å²) in [5.74, 6) is 1.65. The Kier molecular flexibility index (Phi) is 5.81. The quantitative estimate of drug-likeness (QED) is 0.745. The molecule has 0 unspecified atom stereocenters. The third kappa shape index (κ3) is 4.49. The van der Waals surface area contributed by atoms with Gasteiger partial charge >= 0.3 is 0 Å². The van der Waals surface area contributed by atoms with Crippen molar-refractivity contribution in [1.29, 1.82) is 0 Å². The van der Waals surface area contributed by atoms with Gasteiger partial charge in [0.1, 0.15) is 5.75 Å². The smallest absolute Gasteiger partial charge is 0.128 e. The maximum absolute atomic E-state index is 5.88. The molecule has 0 spiro atoms. The molecule has 0 radical (unpaired) electrons. The van der Waals surface area contributed by atoms with Crippen molar-refractivity contribution in [1.82, 2.24) is 10.3 Å². The summed E-state index contributed by atoms with van der Waals surface area (Å²) in [5, 5.41) is 4.54. The number of pyridine rings is 1. The van der Waals surface area contributed by atoms with Gasteiger partial charge in [-0.3, -0.25) is 4.98 Å². The zero-order valence-corrected chi connectivity index (χ0v) is 12.4. The summed E-state index contributed by atoms with van der Waals surface area (Å²) in [6.45, 7) is 7.38. The normalized spacial score (nSPS) is 11.2. The van der Waals surface area contributed by atoms with Gasteiger partial charge in [-0.25, -0.2) is 0 Å². The number of nitrogens with zero attached hydrogens (tertiary/aromatic N) is 1. The summed E-state index contributed by atoms with van der Waals surface area (Å²) in [6.07, 6.45) is 4.03. The second-order valence-electron chi connectivity index (χ2n) is 5.48. The highest BCUT2D eigenvalue weighted by Gasteiger charge is 2.01. The number of hydrogen-bond donors (Lipinski definition) is 1. The summed E-state index contributed by atoms with van der Waals surface area (Å²) < 4.78 is 5.88. The van der Waals surface area contributed by atoms with E-state index < -0.39 is 0 Å². The lowest BCUT2D eigenvalue weighted by Crippen LogP contribution is -2.21. The number of hydrogen-bond acceptors (Lipinski definition) is 3. The summed E-state index contributed by atoms with van der Waals surface area (Å²) in [7, 11) is 0. The summed E-state index contributed by atoms with van der Waals surface area (Å²) in [4.78, 5) is 4.34. The summed E-state index contributed by atoms with van der Waals surface area (Å²) in [5.41, 5.74) is 0.989. The van der Waals surface area contributed by atoms with Gasteiger partial charge in [0.15, 0.2) is 0 Å². The van der Waals surface area contributed by atoms with E-state index in [0.717, 1.165) is 55.1 Å². The minimum absolute atomic E-state index is 0.717. The number of benzene rings is 1. The van der Waals surface area contributed by atoms with Gasteiger partial charge in [0.2, 0.25) is 0 Å². The molecule has 0 aliphatic heterocycles. The van der Waals surface area contributed by atoms with Crippen LogP contribution >= 0.6 is 0 Å². The molecule has 0 saturated carbocycles. The van der Waals surface area contributed by atoms with Crippen LogP contribution in [0.2, 0.25) is 0 Å². The zero-order chi connectivity index (χ0) is 14.2. The molecule has 0 saturated heterocycles. The first-order valence-electron chi connectivity index (χ1n) is 7.44. The van der Waals surface area contributed by atoms with Crippen LogP contribution in [0.4, 0.5) is 0 Å². The Morgan fingerprint density at radius 1 is 1.15 bits per heavy atom. The lowest BCUT2D eigenvalue weighted by Gasteiger charge is -2.10. The number of ether oxygens (including phenoxy) is 1. The molecule has 2 rings (SSSR count). The van der Waals surface area contributed by atoms with E-state index in [1.54, 1.807) is 0 Å². The molecule has 0 bridgehead atoms. The minimum Gasteiger partial charge on any atom is -0.493 e. The fraction of sp³-hybridized carbons (Fsp3) is 0.471. The predicted molar refractivity (Wildman–Crippen MR) is 84.2 cm³/mol. The number of unbranched alkanes of at least 4 members (excludes halogenated alkanes) is 1. The standard InChI is InChI=1S/C17H24N2O/c1-14(2)13-18-10-3-4-12-20-17-9-5-8-16-15(17)7-6-11-19-16/h5-9,11,14,18H,3-4,10,12-13H2,1-2H3. The Morgan fingerprint density at radius 2 is 2.05 bits per heavy atom. The molecule has 0 atom stereocenters. The van der Waals surface area contributed by atoms with Crippen LogP contribution in [0.5, 0.6) is 5.75 Å². The Balaban J connectivity index is 1.73. The molecular weight excluding hydrogens is 248 g/mol. The van der Waals surface area contributed by atoms with Crippen molar-refractivity contribution in [3.63, 3.8) is 0 Å². The lowest BCUT2D eigenvalue weighted by molar-refractivity contribution is 0.309. The molecule has 0 aliphatic rings. The molecule has 1 aromatic heterocycles.